The summed E-state index contributed by atoms with van der Waals surface area (Å²) in [4.78, 5) is 28.1. The fraction of sp³-hybridized carbons (Fsp3) is 0.346. The molecule has 1 aliphatic carbocycles. The van der Waals surface area contributed by atoms with Crippen LogP contribution in [0, 0.1) is 5.41 Å². The van der Waals surface area contributed by atoms with Crippen molar-refractivity contribution >= 4 is 23.3 Å². The molecule has 1 aliphatic heterocycles. The van der Waals surface area contributed by atoms with Gasteiger partial charge in [0.05, 0.1) is 36.4 Å². The molecule has 9 heteroatoms. The van der Waals surface area contributed by atoms with Gasteiger partial charge in [-0.2, -0.15) is 0 Å². The number of morpholine rings is 1. The summed E-state index contributed by atoms with van der Waals surface area (Å²) in [5.74, 6) is 0.848. The Balaban J connectivity index is 1.40. The third-order valence-corrected chi connectivity index (χ3v) is 6.30. The number of aliphatic hydroxyl groups excluding tert-OH is 1. The van der Waals surface area contributed by atoms with Crippen molar-refractivity contribution in [2.24, 2.45) is 0 Å². The molecule has 0 radical (unpaired) electrons. The SMILES string of the molecule is CC(O)C(=N)c1ccc(C(=O)N2CCOCC2)cc1Nc1ncc(-c2cc(C3CC3)ccn2)cn1. The Labute approximate surface area is 203 Å². The molecule has 3 heterocycles. The Hall–Kier alpha value is -3.69. The molecule has 2 aromatic heterocycles. The second-order valence-corrected chi connectivity index (χ2v) is 8.92. The smallest absolute Gasteiger partial charge is 0.254 e. The Morgan fingerprint density at radius 3 is 2.57 bits per heavy atom. The lowest BCUT2D eigenvalue weighted by atomic mass is 10.0. The number of hydrogen-bond acceptors (Lipinski definition) is 8. The summed E-state index contributed by atoms with van der Waals surface area (Å²) >= 11 is 0. The highest BCUT2D eigenvalue weighted by Gasteiger charge is 2.24. The zero-order valence-corrected chi connectivity index (χ0v) is 19.6. The summed E-state index contributed by atoms with van der Waals surface area (Å²) in [6, 6.07) is 9.18. The molecule has 9 nitrogen and oxygen atoms in total. The van der Waals surface area contributed by atoms with E-state index in [4.69, 9.17) is 10.1 Å². The molecule has 2 aliphatic rings. The summed E-state index contributed by atoms with van der Waals surface area (Å²) in [7, 11) is 0. The van der Waals surface area contributed by atoms with Crippen LogP contribution in [0.1, 0.15) is 47.2 Å². The van der Waals surface area contributed by atoms with Gasteiger partial charge in [-0.1, -0.05) is 6.07 Å². The number of nitrogens with one attached hydrogen (secondary N) is 2. The monoisotopic (exact) mass is 472 g/mol. The average molecular weight is 473 g/mol. The van der Waals surface area contributed by atoms with Crippen LogP contribution in [0.2, 0.25) is 0 Å². The van der Waals surface area contributed by atoms with Crippen LogP contribution in [-0.2, 0) is 4.74 Å². The number of benzene rings is 1. The minimum Gasteiger partial charge on any atom is -0.387 e. The number of nitrogens with zero attached hydrogens (tertiary/aromatic N) is 4. The van der Waals surface area contributed by atoms with E-state index in [1.54, 1.807) is 35.5 Å². The fourth-order valence-corrected chi connectivity index (χ4v) is 4.11. The first-order valence-corrected chi connectivity index (χ1v) is 11.8. The number of pyridine rings is 1. The number of ether oxygens (including phenoxy) is 1. The third-order valence-electron chi connectivity index (χ3n) is 6.30. The van der Waals surface area contributed by atoms with Crippen molar-refractivity contribution in [3.05, 3.63) is 65.6 Å². The van der Waals surface area contributed by atoms with Gasteiger partial charge in [0.25, 0.3) is 5.91 Å². The number of hydrogen-bond donors (Lipinski definition) is 3. The maximum Gasteiger partial charge on any atom is 0.254 e. The molecular weight excluding hydrogens is 444 g/mol. The lowest BCUT2D eigenvalue weighted by Crippen LogP contribution is -2.40. The van der Waals surface area contributed by atoms with Crippen molar-refractivity contribution < 1.29 is 14.6 Å². The second kappa shape index (κ2) is 9.89. The zero-order chi connectivity index (χ0) is 24.4. The van der Waals surface area contributed by atoms with Crippen LogP contribution in [0.25, 0.3) is 11.3 Å². The maximum absolute atomic E-state index is 13.0. The van der Waals surface area contributed by atoms with Crippen molar-refractivity contribution in [1.82, 2.24) is 19.9 Å². The summed E-state index contributed by atoms with van der Waals surface area (Å²) in [6.07, 6.45) is 6.71. The van der Waals surface area contributed by atoms with Crippen LogP contribution in [0.4, 0.5) is 11.6 Å². The molecule has 5 rings (SSSR count). The molecule has 2 fully saturated rings. The van der Waals surface area contributed by atoms with E-state index in [1.165, 1.54) is 25.3 Å². The van der Waals surface area contributed by atoms with Gasteiger partial charge in [0.15, 0.2) is 0 Å². The van der Waals surface area contributed by atoms with Crippen molar-refractivity contribution in [3.63, 3.8) is 0 Å². The van der Waals surface area contributed by atoms with Crippen LogP contribution < -0.4 is 5.32 Å². The minimum atomic E-state index is -0.968. The Morgan fingerprint density at radius 1 is 1.14 bits per heavy atom. The van der Waals surface area contributed by atoms with Gasteiger partial charge in [-0.05, 0) is 55.5 Å². The predicted octanol–water partition coefficient (Wildman–Crippen LogP) is 3.38. The van der Waals surface area contributed by atoms with Gasteiger partial charge in [-0.15, -0.1) is 0 Å². The second-order valence-electron chi connectivity index (χ2n) is 8.92. The van der Waals surface area contributed by atoms with E-state index in [1.807, 2.05) is 6.20 Å². The molecule has 1 atom stereocenters. The highest BCUT2D eigenvalue weighted by atomic mass is 16.5. The van der Waals surface area contributed by atoms with Crippen molar-refractivity contribution in [3.8, 4) is 11.3 Å². The number of amides is 1. The van der Waals surface area contributed by atoms with E-state index in [-0.39, 0.29) is 11.6 Å². The first-order valence-electron chi connectivity index (χ1n) is 11.8. The third kappa shape index (κ3) is 5.21. The van der Waals surface area contributed by atoms with Gasteiger partial charge in [0.2, 0.25) is 5.95 Å². The minimum absolute atomic E-state index is 0.0376. The maximum atomic E-state index is 13.0. The lowest BCUT2D eigenvalue weighted by molar-refractivity contribution is 0.0303. The van der Waals surface area contributed by atoms with Crippen molar-refractivity contribution in [2.75, 3.05) is 31.6 Å². The number of carbonyl (C=O) groups excluding carboxylic acids is 1. The average Bonchev–Trinajstić information content (AvgIpc) is 3.75. The molecule has 3 N–H and O–H groups in total. The lowest BCUT2D eigenvalue weighted by Gasteiger charge is -2.27. The van der Waals surface area contributed by atoms with Gasteiger partial charge in [-0.3, -0.25) is 9.78 Å². The van der Waals surface area contributed by atoms with Crippen LogP contribution in [0.5, 0.6) is 0 Å². The van der Waals surface area contributed by atoms with Crippen LogP contribution in [0.15, 0.2) is 48.9 Å². The molecule has 35 heavy (non-hydrogen) atoms. The summed E-state index contributed by atoms with van der Waals surface area (Å²) < 4.78 is 5.34. The van der Waals surface area contributed by atoms with E-state index in [0.717, 1.165) is 11.3 Å². The molecule has 1 aromatic carbocycles. The first kappa shape index (κ1) is 23.1. The van der Waals surface area contributed by atoms with Crippen molar-refractivity contribution in [1.29, 1.82) is 5.41 Å². The zero-order valence-electron chi connectivity index (χ0n) is 19.6. The number of aliphatic hydroxyl groups is 1. The summed E-state index contributed by atoms with van der Waals surface area (Å²) in [6.45, 7) is 3.63. The number of rotatable bonds is 7. The van der Waals surface area contributed by atoms with E-state index in [0.29, 0.717) is 55.0 Å². The molecule has 3 aromatic rings. The molecule has 180 valence electrons. The Bertz CT molecular complexity index is 1230. The quantitative estimate of drug-likeness (QED) is 0.450. The topological polar surface area (TPSA) is 124 Å². The van der Waals surface area contributed by atoms with Crippen LogP contribution in [0.3, 0.4) is 0 Å². The molecule has 1 amide bonds. The first-order chi connectivity index (χ1) is 17.0. The fourth-order valence-electron chi connectivity index (χ4n) is 4.11. The van der Waals surface area contributed by atoms with Crippen LogP contribution >= 0.6 is 0 Å². The molecule has 1 unspecified atom stereocenters. The standard InChI is InChI=1S/C26H28N6O3/c1-16(33)24(27)21-5-4-19(25(34)32-8-10-35-11-9-32)13-23(21)31-26-29-14-20(15-30-26)22-12-18(6-7-28-22)17-2-3-17/h4-7,12-17,27,33H,2-3,8-11H2,1H3,(H,29,30,31). The Morgan fingerprint density at radius 2 is 1.89 bits per heavy atom. The van der Waals surface area contributed by atoms with E-state index >= 15 is 0 Å². The normalized spacial score (nSPS) is 16.6. The molecule has 1 saturated heterocycles. The van der Waals surface area contributed by atoms with Gasteiger partial charge in [0.1, 0.15) is 0 Å². The molecule has 0 bridgehead atoms. The predicted molar refractivity (Wildman–Crippen MR) is 132 cm³/mol. The summed E-state index contributed by atoms with van der Waals surface area (Å²) in [5.41, 5.74) is 4.41. The van der Waals surface area contributed by atoms with Gasteiger partial charge < -0.3 is 25.5 Å². The molecule has 0 spiro atoms. The number of aromatic nitrogens is 3. The highest BCUT2D eigenvalue weighted by Crippen LogP contribution is 2.40. The van der Waals surface area contributed by atoms with E-state index < -0.39 is 6.10 Å². The largest absolute Gasteiger partial charge is 0.387 e. The summed E-state index contributed by atoms with van der Waals surface area (Å²) in [5, 5.41) is 21.5. The number of anilines is 2. The van der Waals surface area contributed by atoms with E-state index in [9.17, 15) is 9.90 Å². The molecule has 1 saturated carbocycles. The van der Waals surface area contributed by atoms with Gasteiger partial charge >= 0.3 is 0 Å². The van der Waals surface area contributed by atoms with E-state index in [2.05, 4.69) is 32.4 Å². The number of carbonyl (C=O) groups is 1. The van der Waals surface area contributed by atoms with Crippen molar-refractivity contribution in [2.45, 2.75) is 31.8 Å². The Kier molecular flexibility index (Phi) is 6.52. The van der Waals surface area contributed by atoms with Gasteiger partial charge in [0, 0.05) is 48.4 Å². The van der Waals surface area contributed by atoms with Gasteiger partial charge in [-0.25, -0.2) is 9.97 Å². The van der Waals surface area contributed by atoms with Crippen LogP contribution in [-0.4, -0.2) is 69.0 Å². The molecular formula is C26H28N6O3. The highest BCUT2D eigenvalue weighted by molar-refractivity contribution is 6.07.